The molecule has 0 radical (unpaired) electrons. The molecule has 120 valence electrons. The lowest BCUT2D eigenvalue weighted by Crippen LogP contribution is -2.39. The van der Waals surface area contributed by atoms with E-state index in [-0.39, 0.29) is 0 Å². The molecule has 2 rings (SSSR count). The minimum atomic E-state index is -0.561. The second-order valence-corrected chi connectivity index (χ2v) is 6.41. The molecular formula is C17H31N3O. The molecule has 0 aromatic heterocycles. The zero-order valence-electron chi connectivity index (χ0n) is 13.5. The van der Waals surface area contributed by atoms with Crippen molar-refractivity contribution in [2.45, 2.75) is 70.3 Å². The van der Waals surface area contributed by atoms with Gasteiger partial charge in [0, 0.05) is 13.1 Å². The summed E-state index contributed by atoms with van der Waals surface area (Å²) in [6.45, 7) is 4.37. The molecule has 4 heteroatoms. The Labute approximate surface area is 129 Å². The van der Waals surface area contributed by atoms with Gasteiger partial charge in [-0.05, 0) is 51.9 Å². The third-order valence-electron chi connectivity index (χ3n) is 4.53. The van der Waals surface area contributed by atoms with Crippen LogP contribution in [0.1, 0.15) is 64.7 Å². The van der Waals surface area contributed by atoms with Gasteiger partial charge in [-0.3, -0.25) is 4.99 Å². The SMILES string of the molecule is CCNC(=NCC1(O)CCCC1)NCCC1=CCCCC1. The quantitative estimate of drug-likeness (QED) is 0.401. The standard InChI is InChI=1S/C17H31N3O/c1-2-18-16(20-14-17(21)11-6-7-12-17)19-13-10-15-8-4-3-5-9-15/h8,21H,2-7,9-14H2,1H3,(H2,18,19,20). The molecule has 1 fully saturated rings. The highest BCUT2D eigenvalue weighted by molar-refractivity contribution is 5.79. The summed E-state index contributed by atoms with van der Waals surface area (Å²) in [5.74, 6) is 0.842. The van der Waals surface area contributed by atoms with Crippen molar-refractivity contribution in [1.29, 1.82) is 0 Å². The smallest absolute Gasteiger partial charge is 0.191 e. The normalized spacial score (nSPS) is 22.0. The van der Waals surface area contributed by atoms with Gasteiger partial charge in [-0.2, -0.15) is 0 Å². The van der Waals surface area contributed by atoms with Crippen LogP contribution in [0.25, 0.3) is 0 Å². The molecule has 0 aliphatic heterocycles. The molecule has 1 saturated carbocycles. The largest absolute Gasteiger partial charge is 0.388 e. The first kappa shape index (κ1) is 16.3. The summed E-state index contributed by atoms with van der Waals surface area (Å²) in [6, 6.07) is 0. The minimum Gasteiger partial charge on any atom is -0.388 e. The van der Waals surface area contributed by atoms with Gasteiger partial charge in [0.05, 0.1) is 12.1 Å². The van der Waals surface area contributed by atoms with Gasteiger partial charge in [0.25, 0.3) is 0 Å². The first-order chi connectivity index (χ1) is 10.2. The Morgan fingerprint density at radius 3 is 2.71 bits per heavy atom. The average molecular weight is 293 g/mol. The number of nitrogens with zero attached hydrogens (tertiary/aromatic N) is 1. The molecule has 0 unspecified atom stereocenters. The van der Waals surface area contributed by atoms with E-state index < -0.39 is 5.60 Å². The summed E-state index contributed by atoms with van der Waals surface area (Å²) in [6.07, 6.45) is 12.7. The molecule has 0 heterocycles. The van der Waals surface area contributed by atoms with Gasteiger partial charge in [0.2, 0.25) is 0 Å². The molecule has 0 aromatic rings. The second kappa shape index (κ2) is 8.42. The molecule has 0 saturated heterocycles. The Morgan fingerprint density at radius 1 is 1.24 bits per heavy atom. The van der Waals surface area contributed by atoms with Crippen LogP contribution in [-0.2, 0) is 0 Å². The van der Waals surface area contributed by atoms with Crippen LogP contribution < -0.4 is 10.6 Å². The number of hydrogen-bond acceptors (Lipinski definition) is 2. The lowest BCUT2D eigenvalue weighted by atomic mass is 9.97. The van der Waals surface area contributed by atoms with Crippen LogP contribution in [0.15, 0.2) is 16.6 Å². The Hall–Kier alpha value is -1.03. The lowest BCUT2D eigenvalue weighted by molar-refractivity contribution is 0.0574. The predicted octanol–water partition coefficient (Wildman–Crippen LogP) is 2.74. The van der Waals surface area contributed by atoms with E-state index in [1.165, 1.54) is 25.7 Å². The predicted molar refractivity (Wildman–Crippen MR) is 88.6 cm³/mol. The van der Waals surface area contributed by atoms with Crippen molar-refractivity contribution >= 4 is 5.96 Å². The van der Waals surface area contributed by atoms with Gasteiger partial charge in [0.1, 0.15) is 0 Å². The van der Waals surface area contributed by atoms with Gasteiger partial charge in [0.15, 0.2) is 5.96 Å². The number of hydrogen-bond donors (Lipinski definition) is 3. The Kier molecular flexibility index (Phi) is 6.55. The van der Waals surface area contributed by atoms with E-state index in [4.69, 9.17) is 0 Å². The molecule has 0 bridgehead atoms. The van der Waals surface area contributed by atoms with Crippen LogP contribution in [0.5, 0.6) is 0 Å². The van der Waals surface area contributed by atoms with Gasteiger partial charge in [-0.15, -0.1) is 0 Å². The Morgan fingerprint density at radius 2 is 2.05 bits per heavy atom. The zero-order valence-corrected chi connectivity index (χ0v) is 13.5. The summed E-state index contributed by atoms with van der Waals surface area (Å²) in [7, 11) is 0. The van der Waals surface area contributed by atoms with Gasteiger partial charge in [-0.1, -0.05) is 24.5 Å². The van der Waals surface area contributed by atoms with E-state index in [1.807, 2.05) is 0 Å². The number of nitrogens with one attached hydrogen (secondary N) is 2. The molecule has 0 atom stereocenters. The molecule has 21 heavy (non-hydrogen) atoms. The highest BCUT2D eigenvalue weighted by Gasteiger charge is 2.30. The number of aliphatic hydroxyl groups is 1. The summed E-state index contributed by atoms with van der Waals surface area (Å²) in [5, 5.41) is 17.0. The average Bonchev–Trinajstić information content (AvgIpc) is 2.93. The number of allylic oxidation sites excluding steroid dienone is 1. The van der Waals surface area contributed by atoms with E-state index in [0.717, 1.165) is 51.2 Å². The van der Waals surface area contributed by atoms with Gasteiger partial charge in [-0.25, -0.2) is 0 Å². The third-order valence-corrected chi connectivity index (χ3v) is 4.53. The highest BCUT2D eigenvalue weighted by Crippen LogP contribution is 2.29. The highest BCUT2D eigenvalue weighted by atomic mass is 16.3. The first-order valence-corrected chi connectivity index (χ1v) is 8.64. The topological polar surface area (TPSA) is 56.7 Å². The lowest BCUT2D eigenvalue weighted by Gasteiger charge is -2.20. The van der Waals surface area contributed by atoms with Crippen LogP contribution >= 0.6 is 0 Å². The summed E-state index contributed by atoms with van der Waals surface area (Å²) >= 11 is 0. The minimum absolute atomic E-state index is 0.519. The fourth-order valence-electron chi connectivity index (χ4n) is 3.23. The maximum atomic E-state index is 10.4. The van der Waals surface area contributed by atoms with E-state index in [1.54, 1.807) is 5.57 Å². The molecule has 2 aliphatic rings. The maximum Gasteiger partial charge on any atom is 0.191 e. The van der Waals surface area contributed by atoms with E-state index in [9.17, 15) is 5.11 Å². The van der Waals surface area contributed by atoms with Gasteiger partial charge >= 0.3 is 0 Å². The van der Waals surface area contributed by atoms with E-state index in [0.29, 0.717) is 6.54 Å². The van der Waals surface area contributed by atoms with Crippen LogP contribution in [0.3, 0.4) is 0 Å². The van der Waals surface area contributed by atoms with Crippen LogP contribution in [0.2, 0.25) is 0 Å². The number of aliphatic imine (C=N–C) groups is 1. The van der Waals surface area contributed by atoms with Crippen molar-refractivity contribution < 1.29 is 5.11 Å². The Balaban J connectivity index is 1.76. The van der Waals surface area contributed by atoms with E-state index in [2.05, 4.69) is 28.6 Å². The van der Waals surface area contributed by atoms with Gasteiger partial charge < -0.3 is 15.7 Å². The van der Waals surface area contributed by atoms with Crippen molar-refractivity contribution in [3.63, 3.8) is 0 Å². The molecule has 0 amide bonds. The van der Waals surface area contributed by atoms with Crippen molar-refractivity contribution in [3.8, 4) is 0 Å². The monoisotopic (exact) mass is 293 g/mol. The molecule has 0 spiro atoms. The molecule has 3 N–H and O–H groups in total. The summed E-state index contributed by atoms with van der Waals surface area (Å²) in [4.78, 5) is 4.57. The maximum absolute atomic E-state index is 10.4. The second-order valence-electron chi connectivity index (χ2n) is 6.41. The van der Waals surface area contributed by atoms with Crippen molar-refractivity contribution in [3.05, 3.63) is 11.6 Å². The fraction of sp³-hybridized carbons (Fsp3) is 0.824. The zero-order chi connectivity index (χ0) is 15.0. The molecule has 0 aromatic carbocycles. The molecule has 2 aliphatic carbocycles. The van der Waals surface area contributed by atoms with E-state index >= 15 is 0 Å². The van der Waals surface area contributed by atoms with Crippen molar-refractivity contribution in [1.82, 2.24) is 10.6 Å². The van der Waals surface area contributed by atoms with Crippen LogP contribution in [0, 0.1) is 0 Å². The van der Waals surface area contributed by atoms with Crippen molar-refractivity contribution in [2.24, 2.45) is 4.99 Å². The summed E-state index contributed by atoms with van der Waals surface area (Å²) < 4.78 is 0. The summed E-state index contributed by atoms with van der Waals surface area (Å²) in [5.41, 5.74) is 1.02. The molecule has 4 nitrogen and oxygen atoms in total. The third kappa shape index (κ3) is 5.70. The number of rotatable bonds is 6. The van der Waals surface area contributed by atoms with Crippen molar-refractivity contribution in [2.75, 3.05) is 19.6 Å². The first-order valence-electron chi connectivity index (χ1n) is 8.64. The number of guanidine groups is 1. The van der Waals surface area contributed by atoms with Crippen LogP contribution in [0.4, 0.5) is 0 Å². The van der Waals surface area contributed by atoms with Crippen LogP contribution in [-0.4, -0.2) is 36.3 Å². The fourth-order valence-corrected chi connectivity index (χ4v) is 3.23. The molecular weight excluding hydrogens is 262 g/mol. The Bertz CT molecular complexity index is 370.